The van der Waals surface area contributed by atoms with Crippen LogP contribution < -0.4 is 10.7 Å². The van der Waals surface area contributed by atoms with E-state index in [9.17, 15) is 10.2 Å². The van der Waals surface area contributed by atoms with Crippen molar-refractivity contribution in [3.63, 3.8) is 0 Å². The second-order valence-corrected chi connectivity index (χ2v) is 7.40. The minimum Gasteiger partial charge on any atom is -0.508 e. The quantitative estimate of drug-likeness (QED) is 0.294. The van der Waals surface area contributed by atoms with E-state index < -0.39 is 0 Å². The molecule has 0 amide bonds. The van der Waals surface area contributed by atoms with Gasteiger partial charge in [-0.2, -0.15) is 5.10 Å². The predicted molar refractivity (Wildman–Crippen MR) is 97.0 cm³/mol. The molecular formula is C18H21N3O2S. The van der Waals surface area contributed by atoms with E-state index in [4.69, 9.17) is 12.2 Å². The lowest BCUT2D eigenvalue weighted by Gasteiger charge is -2.32. The Morgan fingerprint density at radius 2 is 2.12 bits per heavy atom. The molecule has 0 radical (unpaired) electrons. The summed E-state index contributed by atoms with van der Waals surface area (Å²) in [6.07, 6.45) is 9.97. The zero-order chi connectivity index (χ0) is 16.7. The summed E-state index contributed by atoms with van der Waals surface area (Å²) in [7, 11) is 0. The summed E-state index contributed by atoms with van der Waals surface area (Å²) < 4.78 is 0. The number of nitrogens with one attached hydrogen (secondary N) is 2. The van der Waals surface area contributed by atoms with Gasteiger partial charge >= 0.3 is 0 Å². The molecule has 1 aromatic carbocycles. The number of nitrogens with zero attached hydrogens (tertiary/aromatic N) is 1. The summed E-state index contributed by atoms with van der Waals surface area (Å²) in [5.74, 6) is 3.10. The van der Waals surface area contributed by atoms with E-state index >= 15 is 0 Å². The van der Waals surface area contributed by atoms with Crippen molar-refractivity contribution in [3.05, 3.63) is 35.9 Å². The smallest absolute Gasteiger partial charge is 0.187 e. The molecule has 126 valence electrons. The van der Waals surface area contributed by atoms with Crippen LogP contribution in [0.15, 0.2) is 35.5 Å². The molecular weight excluding hydrogens is 322 g/mol. The zero-order valence-corrected chi connectivity index (χ0v) is 14.0. The number of phenolic OH excluding ortho intramolecular Hbond substituents is 2. The Hall–Kier alpha value is -2.08. The fourth-order valence-electron chi connectivity index (χ4n) is 4.71. The van der Waals surface area contributed by atoms with Crippen LogP contribution in [0.2, 0.25) is 0 Å². The number of aromatic hydroxyl groups is 2. The van der Waals surface area contributed by atoms with Crippen molar-refractivity contribution < 1.29 is 10.2 Å². The van der Waals surface area contributed by atoms with Crippen molar-refractivity contribution in [2.45, 2.75) is 25.3 Å². The van der Waals surface area contributed by atoms with E-state index in [-0.39, 0.29) is 11.5 Å². The Kier molecular flexibility index (Phi) is 3.92. The molecule has 5 nitrogen and oxygen atoms in total. The summed E-state index contributed by atoms with van der Waals surface area (Å²) in [6.45, 7) is 0. The van der Waals surface area contributed by atoms with Crippen LogP contribution in [0.5, 0.6) is 11.5 Å². The van der Waals surface area contributed by atoms with E-state index in [0.717, 1.165) is 17.8 Å². The molecule has 1 aromatic rings. The van der Waals surface area contributed by atoms with Crippen LogP contribution in [0.3, 0.4) is 0 Å². The minimum absolute atomic E-state index is 0.0188. The van der Waals surface area contributed by atoms with Crippen molar-refractivity contribution in [3.8, 4) is 11.5 Å². The Labute approximate surface area is 146 Å². The predicted octanol–water partition coefficient (Wildman–Crippen LogP) is 2.50. The van der Waals surface area contributed by atoms with Crippen molar-refractivity contribution >= 4 is 23.5 Å². The molecule has 4 N–H and O–H groups in total. The maximum absolute atomic E-state index is 9.71. The van der Waals surface area contributed by atoms with Crippen molar-refractivity contribution in [1.82, 2.24) is 10.7 Å². The van der Waals surface area contributed by atoms with Crippen LogP contribution in [0.1, 0.15) is 24.8 Å². The normalized spacial score (nSPS) is 33.1. The van der Waals surface area contributed by atoms with Gasteiger partial charge in [0.25, 0.3) is 0 Å². The highest BCUT2D eigenvalue weighted by atomic mass is 32.1. The van der Waals surface area contributed by atoms with Gasteiger partial charge < -0.3 is 15.5 Å². The van der Waals surface area contributed by atoms with Crippen LogP contribution in [-0.2, 0) is 0 Å². The molecule has 0 heterocycles. The summed E-state index contributed by atoms with van der Waals surface area (Å²) in [6, 6.07) is 4.79. The van der Waals surface area contributed by atoms with Gasteiger partial charge in [0.15, 0.2) is 5.11 Å². The molecule has 0 spiro atoms. The average molecular weight is 343 g/mol. The van der Waals surface area contributed by atoms with Gasteiger partial charge in [-0.3, -0.25) is 5.43 Å². The summed E-state index contributed by atoms with van der Waals surface area (Å²) in [5, 5.41) is 27.0. The number of phenols is 2. The fraction of sp³-hybridized carbons (Fsp3) is 0.444. The minimum atomic E-state index is -0.0217. The molecule has 2 bridgehead atoms. The topological polar surface area (TPSA) is 76.9 Å². The van der Waals surface area contributed by atoms with Crippen LogP contribution in [0, 0.1) is 23.7 Å². The van der Waals surface area contributed by atoms with Gasteiger partial charge in [-0.15, -0.1) is 0 Å². The molecule has 5 atom stereocenters. The SMILES string of the molecule is Oc1ccc(/C=N/NC(=S)N[C@H]2C[C@@H]3C[C@@H]2[C@H]2C=CC[C@H]32)c(O)c1. The van der Waals surface area contributed by atoms with Crippen LogP contribution in [0.25, 0.3) is 0 Å². The molecule has 0 saturated heterocycles. The number of fused-ring (bicyclic) bond motifs is 5. The second kappa shape index (κ2) is 6.09. The van der Waals surface area contributed by atoms with Gasteiger partial charge in [0.2, 0.25) is 0 Å². The fourth-order valence-corrected chi connectivity index (χ4v) is 4.92. The van der Waals surface area contributed by atoms with Crippen molar-refractivity contribution in [2.24, 2.45) is 28.8 Å². The summed E-state index contributed by atoms with van der Waals surface area (Å²) in [5.41, 5.74) is 3.33. The maximum Gasteiger partial charge on any atom is 0.187 e. The molecule has 3 aliphatic carbocycles. The summed E-state index contributed by atoms with van der Waals surface area (Å²) in [4.78, 5) is 0. The largest absolute Gasteiger partial charge is 0.508 e. The van der Waals surface area contributed by atoms with E-state index in [0.29, 0.717) is 22.6 Å². The number of hydrogen-bond acceptors (Lipinski definition) is 4. The first-order chi connectivity index (χ1) is 11.6. The molecule has 24 heavy (non-hydrogen) atoms. The Bertz CT molecular complexity index is 718. The summed E-state index contributed by atoms with van der Waals surface area (Å²) >= 11 is 5.34. The monoisotopic (exact) mass is 343 g/mol. The van der Waals surface area contributed by atoms with E-state index in [1.54, 1.807) is 6.07 Å². The molecule has 0 aromatic heterocycles. The van der Waals surface area contributed by atoms with Gasteiger partial charge in [-0.25, -0.2) is 0 Å². The lowest BCUT2D eigenvalue weighted by atomic mass is 9.79. The standard InChI is InChI=1S/C18H21N3O2S/c22-12-5-4-10(17(23)8-12)9-19-21-18(24)20-16-7-11-6-15(16)14-3-1-2-13(11)14/h1,3-5,8-9,11,13-16,22-23H,2,6-7H2,(H2,20,21,24)/b19-9+/t11-,13+,14-,15+,16-/m0/s1. The molecule has 3 aliphatic rings. The molecule has 6 heteroatoms. The highest BCUT2D eigenvalue weighted by Crippen LogP contribution is 2.56. The molecule has 4 rings (SSSR count). The number of hydrogen-bond donors (Lipinski definition) is 4. The van der Waals surface area contributed by atoms with E-state index in [2.05, 4.69) is 28.0 Å². The van der Waals surface area contributed by atoms with Gasteiger partial charge in [0.1, 0.15) is 11.5 Å². The molecule has 2 saturated carbocycles. The first-order valence-electron chi connectivity index (χ1n) is 8.40. The number of allylic oxidation sites excluding steroid dienone is 2. The van der Waals surface area contributed by atoms with Crippen molar-refractivity contribution in [2.75, 3.05) is 0 Å². The van der Waals surface area contributed by atoms with Gasteiger partial charge in [0, 0.05) is 17.7 Å². The molecule has 0 unspecified atom stereocenters. The Morgan fingerprint density at radius 3 is 2.96 bits per heavy atom. The lowest BCUT2D eigenvalue weighted by molar-refractivity contribution is 0.246. The van der Waals surface area contributed by atoms with Crippen molar-refractivity contribution in [1.29, 1.82) is 0 Å². The number of benzene rings is 1. The van der Waals surface area contributed by atoms with E-state index in [1.807, 2.05) is 0 Å². The second-order valence-electron chi connectivity index (χ2n) is 6.99. The first kappa shape index (κ1) is 15.4. The third kappa shape index (κ3) is 2.75. The highest BCUT2D eigenvalue weighted by Gasteiger charge is 2.52. The Morgan fingerprint density at radius 1 is 1.25 bits per heavy atom. The third-order valence-electron chi connectivity index (χ3n) is 5.71. The molecule has 2 fully saturated rings. The maximum atomic E-state index is 9.71. The number of thiocarbonyl (C=S) groups is 1. The van der Waals surface area contributed by atoms with Crippen LogP contribution in [-0.4, -0.2) is 27.6 Å². The zero-order valence-electron chi connectivity index (χ0n) is 13.2. The van der Waals surface area contributed by atoms with Gasteiger partial charge in [-0.1, -0.05) is 12.2 Å². The first-order valence-corrected chi connectivity index (χ1v) is 8.81. The van der Waals surface area contributed by atoms with Gasteiger partial charge in [0.05, 0.1) is 6.21 Å². The highest BCUT2D eigenvalue weighted by molar-refractivity contribution is 7.80. The number of hydrazone groups is 1. The number of rotatable bonds is 3. The van der Waals surface area contributed by atoms with Crippen LogP contribution >= 0.6 is 12.2 Å². The Balaban J connectivity index is 1.31. The van der Waals surface area contributed by atoms with Crippen LogP contribution in [0.4, 0.5) is 0 Å². The van der Waals surface area contributed by atoms with Gasteiger partial charge in [-0.05, 0) is 67.3 Å². The molecule has 0 aliphatic heterocycles. The third-order valence-corrected chi connectivity index (χ3v) is 5.92. The van der Waals surface area contributed by atoms with E-state index in [1.165, 1.54) is 37.6 Å². The lowest BCUT2D eigenvalue weighted by Crippen LogP contribution is -2.45. The average Bonchev–Trinajstić information content (AvgIpc) is 3.21.